The summed E-state index contributed by atoms with van der Waals surface area (Å²) in [6, 6.07) is 12.2. The first kappa shape index (κ1) is 17.7. The van der Waals surface area contributed by atoms with E-state index in [0.717, 1.165) is 44.0 Å². The summed E-state index contributed by atoms with van der Waals surface area (Å²) in [7, 11) is 0. The normalized spacial score (nSPS) is 16.7. The van der Waals surface area contributed by atoms with Crippen molar-refractivity contribution in [3.8, 4) is 5.75 Å². The molecule has 5 nitrogen and oxygen atoms in total. The van der Waals surface area contributed by atoms with Crippen LogP contribution in [0.4, 0.5) is 5.82 Å². The fourth-order valence-electron chi connectivity index (χ4n) is 3.31. The standard InChI is InChI=1S/C20H27N3O2/c1-16-6-5-7-19(17(16)2)25-15-18(24)14-22-10-12-23(13-11-22)20-8-3-4-9-21-20/h3-9,18,24H,10-15H2,1-2H3/p+2/t18-/m0/s1. The van der Waals surface area contributed by atoms with E-state index in [4.69, 9.17) is 4.74 Å². The Morgan fingerprint density at radius 1 is 1.16 bits per heavy atom. The van der Waals surface area contributed by atoms with Crippen LogP contribution in [0.25, 0.3) is 0 Å². The number of benzene rings is 1. The summed E-state index contributed by atoms with van der Waals surface area (Å²) in [5.74, 6) is 2.04. The lowest BCUT2D eigenvalue weighted by Crippen LogP contribution is -3.16. The quantitative estimate of drug-likeness (QED) is 0.791. The summed E-state index contributed by atoms with van der Waals surface area (Å²) < 4.78 is 5.83. The number of aryl methyl sites for hydroxylation is 1. The molecule has 3 N–H and O–H groups in total. The summed E-state index contributed by atoms with van der Waals surface area (Å²) in [5, 5.41) is 10.3. The van der Waals surface area contributed by atoms with Gasteiger partial charge in [0.05, 0.1) is 6.20 Å². The van der Waals surface area contributed by atoms with Gasteiger partial charge >= 0.3 is 0 Å². The second-order valence-corrected chi connectivity index (χ2v) is 6.85. The molecule has 1 fully saturated rings. The van der Waals surface area contributed by atoms with Gasteiger partial charge < -0.3 is 14.7 Å². The van der Waals surface area contributed by atoms with Gasteiger partial charge in [0.15, 0.2) is 0 Å². The van der Waals surface area contributed by atoms with Gasteiger partial charge in [-0.05, 0) is 37.1 Å². The summed E-state index contributed by atoms with van der Waals surface area (Å²) in [6.45, 7) is 9.28. The molecule has 2 heterocycles. The third-order valence-corrected chi connectivity index (χ3v) is 5.01. The molecule has 0 spiro atoms. The highest BCUT2D eigenvalue weighted by Gasteiger charge is 2.27. The molecule has 0 unspecified atom stereocenters. The third-order valence-electron chi connectivity index (χ3n) is 5.01. The van der Waals surface area contributed by atoms with Crippen LogP contribution in [0.5, 0.6) is 5.75 Å². The first-order valence-corrected chi connectivity index (χ1v) is 9.06. The number of anilines is 1. The van der Waals surface area contributed by atoms with E-state index in [1.54, 1.807) is 0 Å². The number of rotatable bonds is 6. The van der Waals surface area contributed by atoms with Crippen LogP contribution in [0.1, 0.15) is 11.1 Å². The number of quaternary nitrogens is 1. The van der Waals surface area contributed by atoms with Crippen molar-refractivity contribution in [1.29, 1.82) is 0 Å². The van der Waals surface area contributed by atoms with Crippen molar-refractivity contribution in [2.24, 2.45) is 0 Å². The molecule has 1 atom stereocenters. The minimum atomic E-state index is -0.440. The fraction of sp³-hybridized carbons (Fsp3) is 0.450. The molecule has 0 bridgehead atoms. The highest BCUT2D eigenvalue weighted by Crippen LogP contribution is 2.20. The Morgan fingerprint density at radius 3 is 2.68 bits per heavy atom. The lowest BCUT2D eigenvalue weighted by Gasteiger charge is -2.29. The predicted octanol–water partition coefficient (Wildman–Crippen LogP) is 0.262. The number of aliphatic hydroxyl groups excluding tert-OH is 1. The van der Waals surface area contributed by atoms with E-state index < -0.39 is 6.10 Å². The van der Waals surface area contributed by atoms with Crippen LogP contribution in [0, 0.1) is 13.8 Å². The minimum absolute atomic E-state index is 0.351. The number of nitrogens with zero attached hydrogens (tertiary/aromatic N) is 1. The maximum atomic E-state index is 10.3. The number of hydrogen-bond acceptors (Lipinski definition) is 3. The molecular formula is C20H29N3O2+2. The molecule has 0 aliphatic carbocycles. The number of hydrogen-bond donors (Lipinski definition) is 2. The molecule has 5 heteroatoms. The van der Waals surface area contributed by atoms with Crippen molar-refractivity contribution >= 4 is 5.82 Å². The molecule has 0 amide bonds. The van der Waals surface area contributed by atoms with E-state index in [0.29, 0.717) is 6.61 Å². The smallest absolute Gasteiger partial charge is 0.274 e. The topological polar surface area (TPSA) is 51.3 Å². The second-order valence-electron chi connectivity index (χ2n) is 6.85. The zero-order valence-electron chi connectivity index (χ0n) is 15.2. The molecule has 0 saturated carbocycles. The maximum Gasteiger partial charge on any atom is 0.274 e. The highest BCUT2D eigenvalue weighted by atomic mass is 16.5. The average Bonchev–Trinajstić information content (AvgIpc) is 2.64. The van der Waals surface area contributed by atoms with Crippen molar-refractivity contribution in [2.75, 3.05) is 44.2 Å². The van der Waals surface area contributed by atoms with Crippen molar-refractivity contribution in [3.05, 3.63) is 53.7 Å². The van der Waals surface area contributed by atoms with Gasteiger partial charge in [0, 0.05) is 6.07 Å². The van der Waals surface area contributed by atoms with E-state index >= 15 is 0 Å². The van der Waals surface area contributed by atoms with Gasteiger partial charge in [-0.25, -0.2) is 4.98 Å². The van der Waals surface area contributed by atoms with Gasteiger partial charge in [-0.3, -0.25) is 4.90 Å². The minimum Gasteiger partial charge on any atom is -0.490 e. The average molecular weight is 343 g/mol. The molecule has 1 aromatic heterocycles. The molecule has 0 radical (unpaired) electrons. The van der Waals surface area contributed by atoms with Crippen molar-refractivity contribution in [1.82, 2.24) is 0 Å². The van der Waals surface area contributed by atoms with Gasteiger partial charge in [0.25, 0.3) is 5.82 Å². The Balaban J connectivity index is 1.43. The monoisotopic (exact) mass is 343 g/mol. The molecule has 2 aromatic rings. The zero-order chi connectivity index (χ0) is 17.6. The number of aromatic amines is 1. The molecule has 1 aromatic carbocycles. The molecule has 1 aliphatic rings. The Kier molecular flexibility index (Phi) is 5.89. The SMILES string of the molecule is Cc1cccc(OC[C@@H](O)C[NH+]2CCN(c3cccc[nH+]3)CC2)c1C. The lowest BCUT2D eigenvalue weighted by atomic mass is 10.1. The molecule has 134 valence electrons. The summed E-state index contributed by atoms with van der Waals surface area (Å²) in [4.78, 5) is 7.09. The van der Waals surface area contributed by atoms with Crippen molar-refractivity contribution in [3.63, 3.8) is 0 Å². The number of ether oxygens (including phenoxy) is 1. The predicted molar refractivity (Wildman–Crippen MR) is 98.2 cm³/mol. The molecule has 25 heavy (non-hydrogen) atoms. The second kappa shape index (κ2) is 8.32. The van der Waals surface area contributed by atoms with E-state index in [-0.39, 0.29) is 0 Å². The molecule has 1 aliphatic heterocycles. The van der Waals surface area contributed by atoms with E-state index in [1.165, 1.54) is 16.3 Å². The van der Waals surface area contributed by atoms with Crippen molar-refractivity contribution < 1.29 is 19.7 Å². The van der Waals surface area contributed by atoms with Crippen LogP contribution >= 0.6 is 0 Å². The Labute approximate surface area is 149 Å². The van der Waals surface area contributed by atoms with E-state index in [1.807, 2.05) is 24.4 Å². The number of piperazine rings is 1. The number of H-pyrrole nitrogens is 1. The zero-order valence-corrected chi connectivity index (χ0v) is 15.2. The van der Waals surface area contributed by atoms with E-state index in [2.05, 4.69) is 41.9 Å². The van der Waals surface area contributed by atoms with Gasteiger partial charge in [-0.2, -0.15) is 0 Å². The van der Waals surface area contributed by atoms with Gasteiger partial charge in [0.2, 0.25) is 0 Å². The number of pyridine rings is 1. The van der Waals surface area contributed by atoms with Crippen LogP contribution in [-0.4, -0.2) is 50.5 Å². The van der Waals surface area contributed by atoms with Crippen LogP contribution in [0.2, 0.25) is 0 Å². The maximum absolute atomic E-state index is 10.3. The number of aliphatic hydroxyl groups is 1. The lowest BCUT2D eigenvalue weighted by molar-refractivity contribution is -0.903. The first-order valence-electron chi connectivity index (χ1n) is 9.06. The Bertz CT molecular complexity index is 670. The summed E-state index contributed by atoms with van der Waals surface area (Å²) in [5.41, 5.74) is 2.36. The van der Waals surface area contributed by atoms with E-state index in [9.17, 15) is 5.11 Å². The highest BCUT2D eigenvalue weighted by molar-refractivity contribution is 5.38. The van der Waals surface area contributed by atoms with Crippen LogP contribution < -0.4 is 19.5 Å². The Morgan fingerprint density at radius 2 is 1.96 bits per heavy atom. The van der Waals surface area contributed by atoms with Gasteiger partial charge in [-0.1, -0.05) is 18.2 Å². The first-order chi connectivity index (χ1) is 12.1. The van der Waals surface area contributed by atoms with Gasteiger partial charge in [0.1, 0.15) is 51.2 Å². The summed E-state index contributed by atoms with van der Waals surface area (Å²) in [6.07, 6.45) is 1.52. The number of aromatic nitrogens is 1. The Hall–Kier alpha value is -2.11. The van der Waals surface area contributed by atoms with Gasteiger partial charge in [-0.15, -0.1) is 0 Å². The summed E-state index contributed by atoms with van der Waals surface area (Å²) >= 11 is 0. The molecule has 3 rings (SSSR count). The number of nitrogens with one attached hydrogen (secondary N) is 2. The van der Waals surface area contributed by atoms with Crippen LogP contribution in [0.3, 0.4) is 0 Å². The van der Waals surface area contributed by atoms with Crippen molar-refractivity contribution in [2.45, 2.75) is 20.0 Å². The van der Waals surface area contributed by atoms with Crippen LogP contribution in [0.15, 0.2) is 42.6 Å². The third kappa shape index (κ3) is 4.71. The van der Waals surface area contributed by atoms with Crippen LogP contribution in [-0.2, 0) is 0 Å². The largest absolute Gasteiger partial charge is 0.490 e. The molecular weight excluding hydrogens is 314 g/mol. The fourth-order valence-corrected chi connectivity index (χ4v) is 3.31. The molecule has 1 saturated heterocycles.